The Kier molecular flexibility index (Phi) is 6.15. The average molecular weight is 309 g/mol. The number of nitrogens with one attached hydrogen (secondary N) is 1. The van der Waals surface area contributed by atoms with E-state index in [2.05, 4.69) is 9.88 Å². The van der Waals surface area contributed by atoms with E-state index in [-0.39, 0.29) is 31.4 Å². The highest BCUT2D eigenvalue weighted by molar-refractivity contribution is 5.99. The van der Waals surface area contributed by atoms with Crippen LogP contribution in [0.5, 0.6) is 0 Å². The van der Waals surface area contributed by atoms with E-state index in [1.807, 2.05) is 27.7 Å². The average Bonchev–Trinajstić information content (AvgIpc) is 2.70. The van der Waals surface area contributed by atoms with Crippen molar-refractivity contribution in [3.05, 3.63) is 23.0 Å². The van der Waals surface area contributed by atoms with E-state index in [9.17, 15) is 14.4 Å². The number of Topliss-reactive ketones (excluding diaryl/α,β-unsaturated/α-hetero) is 1. The van der Waals surface area contributed by atoms with Crippen molar-refractivity contribution in [2.45, 2.75) is 40.2 Å². The van der Waals surface area contributed by atoms with Crippen LogP contribution in [0.2, 0.25) is 0 Å². The molecule has 3 N–H and O–H groups in total. The molecule has 0 fully saturated rings. The SMILES string of the molecule is Cc1cc(C(=O)COC(=O)CCNC(N)=O)c(C)n1C(C)C. The predicted octanol–water partition coefficient (Wildman–Crippen LogP) is 1.47. The lowest BCUT2D eigenvalue weighted by atomic mass is 10.1. The summed E-state index contributed by atoms with van der Waals surface area (Å²) in [6, 6.07) is 1.36. The number of primary amides is 1. The summed E-state index contributed by atoms with van der Waals surface area (Å²) in [6.07, 6.45) is -0.0266. The molecule has 1 aromatic rings. The lowest BCUT2D eigenvalue weighted by molar-refractivity contribution is -0.142. The van der Waals surface area contributed by atoms with Gasteiger partial charge in [0.15, 0.2) is 6.61 Å². The molecule has 1 aromatic heterocycles. The first kappa shape index (κ1) is 17.7. The van der Waals surface area contributed by atoms with Crippen molar-refractivity contribution < 1.29 is 19.1 Å². The number of hydrogen-bond acceptors (Lipinski definition) is 4. The van der Waals surface area contributed by atoms with E-state index >= 15 is 0 Å². The zero-order valence-electron chi connectivity index (χ0n) is 13.4. The van der Waals surface area contributed by atoms with Gasteiger partial charge in [0.25, 0.3) is 0 Å². The number of hydrogen-bond donors (Lipinski definition) is 2. The van der Waals surface area contributed by atoms with Crippen molar-refractivity contribution in [2.75, 3.05) is 13.2 Å². The number of esters is 1. The smallest absolute Gasteiger partial charge is 0.312 e. The lowest BCUT2D eigenvalue weighted by Gasteiger charge is -2.13. The molecule has 7 heteroatoms. The molecule has 0 aromatic carbocycles. The van der Waals surface area contributed by atoms with Crippen molar-refractivity contribution in [3.8, 4) is 0 Å². The maximum atomic E-state index is 12.2. The van der Waals surface area contributed by atoms with Crippen LogP contribution in [-0.4, -0.2) is 35.5 Å². The second kappa shape index (κ2) is 7.63. The molecule has 0 unspecified atom stereocenters. The number of aryl methyl sites for hydroxylation is 1. The molecule has 0 saturated heterocycles. The van der Waals surface area contributed by atoms with Gasteiger partial charge in [0.05, 0.1) is 6.42 Å². The van der Waals surface area contributed by atoms with Crippen molar-refractivity contribution in [1.29, 1.82) is 0 Å². The van der Waals surface area contributed by atoms with Gasteiger partial charge >= 0.3 is 12.0 Å². The predicted molar refractivity (Wildman–Crippen MR) is 81.8 cm³/mol. The lowest BCUT2D eigenvalue weighted by Crippen LogP contribution is -2.31. The van der Waals surface area contributed by atoms with Crippen LogP contribution in [0.4, 0.5) is 4.79 Å². The summed E-state index contributed by atoms with van der Waals surface area (Å²) >= 11 is 0. The minimum absolute atomic E-state index is 0.0266. The van der Waals surface area contributed by atoms with Crippen LogP contribution >= 0.6 is 0 Å². The quantitative estimate of drug-likeness (QED) is 0.588. The fourth-order valence-corrected chi connectivity index (χ4v) is 2.44. The number of carbonyl (C=O) groups is 3. The van der Waals surface area contributed by atoms with Gasteiger partial charge in [-0.15, -0.1) is 0 Å². The van der Waals surface area contributed by atoms with Crippen LogP contribution in [-0.2, 0) is 9.53 Å². The number of ketones is 1. The van der Waals surface area contributed by atoms with Gasteiger partial charge in [-0.2, -0.15) is 0 Å². The maximum absolute atomic E-state index is 12.2. The summed E-state index contributed by atoms with van der Waals surface area (Å²) in [5.74, 6) is -0.795. The Morgan fingerprint density at radius 3 is 2.45 bits per heavy atom. The monoisotopic (exact) mass is 309 g/mol. The summed E-state index contributed by atoms with van der Waals surface area (Å²) in [4.78, 5) is 34.1. The maximum Gasteiger partial charge on any atom is 0.312 e. The van der Waals surface area contributed by atoms with Crippen LogP contribution in [0.3, 0.4) is 0 Å². The van der Waals surface area contributed by atoms with E-state index in [0.29, 0.717) is 5.56 Å². The Hall–Kier alpha value is -2.31. The number of aromatic nitrogens is 1. The second-order valence-electron chi connectivity index (χ2n) is 5.37. The standard InChI is InChI=1S/C15H23N3O4/c1-9(2)18-10(3)7-12(11(18)4)13(19)8-22-14(20)5-6-17-15(16)21/h7,9H,5-6,8H2,1-4H3,(H3,16,17,21). The molecule has 0 radical (unpaired) electrons. The van der Waals surface area contributed by atoms with Crippen LogP contribution < -0.4 is 11.1 Å². The summed E-state index contributed by atoms with van der Waals surface area (Å²) < 4.78 is 6.98. The number of nitrogens with two attached hydrogens (primary N) is 1. The van der Waals surface area contributed by atoms with Gasteiger partial charge in [-0.05, 0) is 33.8 Å². The molecule has 0 saturated carbocycles. The molecular formula is C15H23N3O4. The number of urea groups is 1. The highest BCUT2D eigenvalue weighted by Gasteiger charge is 2.18. The van der Waals surface area contributed by atoms with Gasteiger partial charge in [-0.1, -0.05) is 0 Å². The van der Waals surface area contributed by atoms with Crippen molar-refractivity contribution in [1.82, 2.24) is 9.88 Å². The molecule has 0 bridgehead atoms. The fraction of sp³-hybridized carbons (Fsp3) is 0.533. The van der Waals surface area contributed by atoms with Crippen molar-refractivity contribution >= 4 is 17.8 Å². The number of nitrogens with zero attached hydrogens (tertiary/aromatic N) is 1. The van der Waals surface area contributed by atoms with Crippen LogP contribution in [0, 0.1) is 13.8 Å². The third-order valence-corrected chi connectivity index (χ3v) is 3.29. The Morgan fingerprint density at radius 2 is 1.95 bits per heavy atom. The minimum Gasteiger partial charge on any atom is -0.457 e. The van der Waals surface area contributed by atoms with Gasteiger partial charge in [0.1, 0.15) is 0 Å². The zero-order valence-corrected chi connectivity index (χ0v) is 13.4. The van der Waals surface area contributed by atoms with Crippen LogP contribution in [0.1, 0.15) is 48.1 Å². The Balaban J connectivity index is 2.58. The summed E-state index contributed by atoms with van der Waals surface area (Å²) in [5.41, 5.74) is 7.30. The van der Waals surface area contributed by atoms with E-state index in [4.69, 9.17) is 10.5 Å². The molecule has 0 aliphatic rings. The van der Waals surface area contributed by atoms with Gasteiger partial charge < -0.3 is 20.4 Å². The summed E-state index contributed by atoms with van der Waals surface area (Å²) in [5, 5.41) is 2.28. The second-order valence-corrected chi connectivity index (χ2v) is 5.37. The van der Waals surface area contributed by atoms with Gasteiger partial charge in [-0.25, -0.2) is 4.79 Å². The number of carbonyl (C=O) groups excluding carboxylic acids is 3. The summed E-state index contributed by atoms with van der Waals surface area (Å²) in [6.45, 7) is 7.67. The largest absolute Gasteiger partial charge is 0.457 e. The highest BCUT2D eigenvalue weighted by atomic mass is 16.5. The number of amides is 2. The van der Waals surface area contributed by atoms with E-state index in [1.165, 1.54) is 0 Å². The number of ether oxygens (including phenoxy) is 1. The minimum atomic E-state index is -0.704. The Labute approximate surface area is 129 Å². The Morgan fingerprint density at radius 1 is 1.32 bits per heavy atom. The van der Waals surface area contributed by atoms with E-state index in [1.54, 1.807) is 6.07 Å². The molecule has 1 rings (SSSR count). The molecule has 0 atom stereocenters. The topological polar surface area (TPSA) is 103 Å². The third-order valence-electron chi connectivity index (χ3n) is 3.29. The molecule has 122 valence electrons. The molecule has 2 amide bonds. The molecule has 22 heavy (non-hydrogen) atoms. The van der Waals surface area contributed by atoms with Crippen molar-refractivity contribution in [2.24, 2.45) is 5.73 Å². The molecule has 0 spiro atoms. The van der Waals surface area contributed by atoms with Crippen molar-refractivity contribution in [3.63, 3.8) is 0 Å². The molecule has 0 aliphatic carbocycles. The molecule has 1 heterocycles. The normalized spacial score (nSPS) is 10.6. The van der Waals surface area contributed by atoms with Gasteiger partial charge in [0, 0.05) is 29.5 Å². The highest BCUT2D eigenvalue weighted by Crippen LogP contribution is 2.20. The Bertz CT molecular complexity index is 576. The molecule has 7 nitrogen and oxygen atoms in total. The number of rotatable bonds is 7. The first-order chi connectivity index (χ1) is 10.2. The first-order valence-corrected chi connectivity index (χ1v) is 7.14. The summed E-state index contributed by atoms with van der Waals surface area (Å²) in [7, 11) is 0. The van der Waals surface area contributed by atoms with Crippen LogP contribution in [0.25, 0.3) is 0 Å². The third kappa shape index (κ3) is 4.61. The van der Waals surface area contributed by atoms with E-state index < -0.39 is 12.0 Å². The van der Waals surface area contributed by atoms with Gasteiger partial charge in [-0.3, -0.25) is 9.59 Å². The van der Waals surface area contributed by atoms with E-state index in [0.717, 1.165) is 11.4 Å². The molecular weight excluding hydrogens is 286 g/mol. The molecule has 0 aliphatic heterocycles. The first-order valence-electron chi connectivity index (χ1n) is 7.14. The zero-order chi connectivity index (χ0) is 16.9. The fourth-order valence-electron chi connectivity index (χ4n) is 2.44. The van der Waals surface area contributed by atoms with Crippen LogP contribution in [0.15, 0.2) is 6.07 Å². The van der Waals surface area contributed by atoms with Gasteiger partial charge in [0.2, 0.25) is 5.78 Å².